The van der Waals surface area contributed by atoms with E-state index in [1.807, 2.05) is 29.2 Å². The number of fused-ring (bicyclic) bond motifs is 3. The van der Waals surface area contributed by atoms with Gasteiger partial charge in [0, 0.05) is 12.6 Å². The topological polar surface area (TPSA) is 57.2 Å². The molecule has 0 bridgehead atoms. The van der Waals surface area contributed by atoms with Crippen LogP contribution in [-0.2, 0) is 11.2 Å². The van der Waals surface area contributed by atoms with Crippen LogP contribution in [0, 0.1) is 0 Å². The molecule has 0 radical (unpaired) electrons. The van der Waals surface area contributed by atoms with Gasteiger partial charge in [0.2, 0.25) is 0 Å². The zero-order chi connectivity index (χ0) is 21.3. The Labute approximate surface area is 176 Å². The van der Waals surface area contributed by atoms with Crippen LogP contribution in [0.15, 0.2) is 36.4 Å². The van der Waals surface area contributed by atoms with Crippen LogP contribution in [0.5, 0.6) is 17.2 Å². The standard InChI is InChI=1S/C24H27NO5/c1-27-18-8-7-15-10-16(11-17-6-5-9-25(17)24(26)30-4)20-13-22(28-2)23(29-3)14-21(20)19(15)12-18/h7-8,10,12-14,17H,5-6,9,11H2,1-4H3/t17-/m0/s1. The second kappa shape index (κ2) is 8.30. The van der Waals surface area contributed by atoms with Gasteiger partial charge in [-0.3, -0.25) is 0 Å². The van der Waals surface area contributed by atoms with Gasteiger partial charge >= 0.3 is 6.09 Å². The average Bonchev–Trinajstić information content (AvgIpc) is 3.25. The number of hydrogen-bond donors (Lipinski definition) is 0. The Morgan fingerprint density at radius 1 is 0.933 bits per heavy atom. The zero-order valence-electron chi connectivity index (χ0n) is 17.9. The number of amides is 1. The third-order valence-electron chi connectivity index (χ3n) is 5.99. The SMILES string of the molecule is COC(=O)N1CCC[C@H]1Cc1cc2ccc(OC)cc2c2cc(OC)c(OC)cc12. The first-order valence-corrected chi connectivity index (χ1v) is 10.1. The molecule has 1 fully saturated rings. The number of carbonyl (C=O) groups is 1. The summed E-state index contributed by atoms with van der Waals surface area (Å²) >= 11 is 0. The molecule has 1 heterocycles. The Morgan fingerprint density at radius 3 is 2.33 bits per heavy atom. The lowest BCUT2D eigenvalue weighted by Gasteiger charge is -2.24. The maximum absolute atomic E-state index is 12.2. The van der Waals surface area contributed by atoms with Crippen molar-refractivity contribution >= 4 is 27.6 Å². The molecule has 0 saturated carbocycles. The number of hydrogen-bond acceptors (Lipinski definition) is 5. The molecule has 1 atom stereocenters. The van der Waals surface area contributed by atoms with Crippen LogP contribution in [0.25, 0.3) is 21.5 Å². The van der Waals surface area contributed by atoms with Crippen LogP contribution in [0.1, 0.15) is 18.4 Å². The highest BCUT2D eigenvalue weighted by Crippen LogP contribution is 2.39. The van der Waals surface area contributed by atoms with E-state index in [9.17, 15) is 4.79 Å². The monoisotopic (exact) mass is 409 g/mol. The maximum atomic E-state index is 12.2. The van der Waals surface area contributed by atoms with Crippen molar-refractivity contribution in [3.8, 4) is 17.2 Å². The van der Waals surface area contributed by atoms with Gasteiger partial charge < -0.3 is 23.8 Å². The number of benzene rings is 3. The molecule has 3 aromatic carbocycles. The largest absolute Gasteiger partial charge is 0.497 e. The molecule has 1 aliphatic rings. The Bertz CT molecular complexity index is 1090. The molecule has 0 unspecified atom stereocenters. The number of nitrogens with zero attached hydrogens (tertiary/aromatic N) is 1. The summed E-state index contributed by atoms with van der Waals surface area (Å²) in [5, 5.41) is 4.37. The average molecular weight is 409 g/mol. The van der Waals surface area contributed by atoms with Crippen LogP contribution in [0.2, 0.25) is 0 Å². The van der Waals surface area contributed by atoms with Gasteiger partial charge in [-0.2, -0.15) is 0 Å². The molecule has 0 N–H and O–H groups in total. The van der Waals surface area contributed by atoms with E-state index in [2.05, 4.69) is 12.1 Å². The van der Waals surface area contributed by atoms with Crippen LogP contribution in [0.4, 0.5) is 4.79 Å². The third-order valence-corrected chi connectivity index (χ3v) is 5.99. The molecule has 1 aliphatic heterocycles. The minimum absolute atomic E-state index is 0.115. The van der Waals surface area contributed by atoms with Crippen molar-refractivity contribution in [2.75, 3.05) is 35.0 Å². The van der Waals surface area contributed by atoms with E-state index in [1.165, 1.54) is 12.7 Å². The molecular formula is C24H27NO5. The van der Waals surface area contributed by atoms with E-state index in [0.29, 0.717) is 11.5 Å². The van der Waals surface area contributed by atoms with Gasteiger partial charge in [0.15, 0.2) is 11.5 Å². The predicted octanol–water partition coefficient (Wildman–Crippen LogP) is 4.79. The summed E-state index contributed by atoms with van der Waals surface area (Å²) < 4.78 is 21.6. The molecule has 0 aromatic heterocycles. The normalized spacial score (nSPS) is 16.1. The summed E-state index contributed by atoms with van der Waals surface area (Å²) in [4.78, 5) is 14.0. The molecular weight excluding hydrogens is 382 g/mol. The van der Waals surface area contributed by atoms with E-state index < -0.39 is 0 Å². The van der Waals surface area contributed by atoms with Crippen LogP contribution in [0.3, 0.4) is 0 Å². The van der Waals surface area contributed by atoms with Crippen LogP contribution < -0.4 is 14.2 Å². The lowest BCUT2D eigenvalue weighted by molar-refractivity contribution is 0.119. The molecule has 6 nitrogen and oxygen atoms in total. The highest BCUT2D eigenvalue weighted by molar-refractivity contribution is 6.10. The van der Waals surface area contributed by atoms with E-state index >= 15 is 0 Å². The molecule has 1 amide bonds. The van der Waals surface area contributed by atoms with E-state index in [4.69, 9.17) is 18.9 Å². The van der Waals surface area contributed by atoms with Crippen molar-refractivity contribution in [3.63, 3.8) is 0 Å². The Hall–Kier alpha value is -3.15. The van der Waals surface area contributed by atoms with Gasteiger partial charge in [0.25, 0.3) is 0 Å². The summed E-state index contributed by atoms with van der Waals surface area (Å²) in [6.45, 7) is 0.733. The Morgan fingerprint density at radius 2 is 1.67 bits per heavy atom. The number of methoxy groups -OCH3 is 4. The van der Waals surface area contributed by atoms with Crippen molar-refractivity contribution < 1.29 is 23.7 Å². The number of ether oxygens (including phenoxy) is 4. The molecule has 0 aliphatic carbocycles. The lowest BCUT2D eigenvalue weighted by atomic mass is 9.92. The van der Waals surface area contributed by atoms with Gasteiger partial charge in [-0.15, -0.1) is 0 Å². The smallest absolute Gasteiger partial charge is 0.409 e. The second-order valence-electron chi connectivity index (χ2n) is 7.54. The van der Waals surface area contributed by atoms with Crippen molar-refractivity contribution in [2.45, 2.75) is 25.3 Å². The minimum atomic E-state index is -0.258. The van der Waals surface area contributed by atoms with E-state index in [1.54, 1.807) is 21.3 Å². The van der Waals surface area contributed by atoms with Gasteiger partial charge in [0.1, 0.15) is 5.75 Å². The fraction of sp³-hybridized carbons (Fsp3) is 0.375. The molecule has 0 spiro atoms. The van der Waals surface area contributed by atoms with Crippen LogP contribution in [-0.4, -0.2) is 52.0 Å². The first-order chi connectivity index (χ1) is 14.6. The number of likely N-dealkylation sites (tertiary alicyclic amines) is 1. The molecule has 158 valence electrons. The summed E-state index contributed by atoms with van der Waals surface area (Å²) in [5.74, 6) is 2.17. The summed E-state index contributed by atoms with van der Waals surface area (Å²) in [6.07, 6.45) is 2.44. The zero-order valence-corrected chi connectivity index (χ0v) is 17.9. The Kier molecular flexibility index (Phi) is 5.57. The first-order valence-electron chi connectivity index (χ1n) is 10.1. The highest BCUT2D eigenvalue weighted by atomic mass is 16.5. The highest BCUT2D eigenvalue weighted by Gasteiger charge is 2.30. The van der Waals surface area contributed by atoms with Crippen molar-refractivity contribution in [2.24, 2.45) is 0 Å². The molecule has 6 heteroatoms. The fourth-order valence-corrected chi connectivity index (χ4v) is 4.48. The number of rotatable bonds is 5. The van der Waals surface area contributed by atoms with Gasteiger partial charge in [-0.05, 0) is 70.6 Å². The van der Waals surface area contributed by atoms with Gasteiger partial charge in [-0.25, -0.2) is 4.79 Å². The van der Waals surface area contributed by atoms with Crippen molar-refractivity contribution in [1.82, 2.24) is 4.90 Å². The van der Waals surface area contributed by atoms with E-state index in [0.717, 1.165) is 53.1 Å². The van der Waals surface area contributed by atoms with Crippen LogP contribution >= 0.6 is 0 Å². The Balaban J connectivity index is 1.90. The molecule has 1 saturated heterocycles. The molecule has 4 rings (SSSR count). The van der Waals surface area contributed by atoms with Gasteiger partial charge in [0.05, 0.1) is 28.4 Å². The quantitative estimate of drug-likeness (QED) is 0.567. The lowest BCUT2D eigenvalue weighted by Crippen LogP contribution is -2.36. The summed E-state index contributed by atoms with van der Waals surface area (Å²) in [5.41, 5.74) is 1.17. The maximum Gasteiger partial charge on any atom is 0.409 e. The fourth-order valence-electron chi connectivity index (χ4n) is 4.48. The molecule has 30 heavy (non-hydrogen) atoms. The first kappa shape index (κ1) is 20.1. The second-order valence-corrected chi connectivity index (χ2v) is 7.54. The third kappa shape index (κ3) is 3.47. The minimum Gasteiger partial charge on any atom is -0.497 e. The van der Waals surface area contributed by atoms with Gasteiger partial charge in [-0.1, -0.05) is 12.1 Å². The molecule has 3 aromatic rings. The van der Waals surface area contributed by atoms with Crippen molar-refractivity contribution in [1.29, 1.82) is 0 Å². The van der Waals surface area contributed by atoms with Crippen molar-refractivity contribution in [3.05, 3.63) is 42.0 Å². The van der Waals surface area contributed by atoms with E-state index in [-0.39, 0.29) is 12.1 Å². The number of carbonyl (C=O) groups excluding carboxylic acids is 1. The predicted molar refractivity (Wildman–Crippen MR) is 117 cm³/mol. The summed E-state index contributed by atoms with van der Waals surface area (Å²) in [6, 6.07) is 12.5. The summed E-state index contributed by atoms with van der Waals surface area (Å²) in [7, 11) is 6.39.